The fourth-order valence-electron chi connectivity index (χ4n) is 1.88. The van der Waals surface area contributed by atoms with Crippen molar-refractivity contribution in [1.82, 2.24) is 9.97 Å². The van der Waals surface area contributed by atoms with Crippen molar-refractivity contribution in [2.45, 2.75) is 26.3 Å². The van der Waals surface area contributed by atoms with Gasteiger partial charge < -0.3 is 9.47 Å². The number of halogens is 1. The van der Waals surface area contributed by atoms with Crippen LogP contribution in [0.1, 0.15) is 25.4 Å². The molecule has 0 spiro atoms. The summed E-state index contributed by atoms with van der Waals surface area (Å²) in [6.07, 6.45) is 0. The summed E-state index contributed by atoms with van der Waals surface area (Å²) < 4.78 is 9.87. The number of azo groups is 1. The summed E-state index contributed by atoms with van der Waals surface area (Å²) in [5, 5.41) is 7.54. The number of rotatable bonds is 4. The predicted octanol–water partition coefficient (Wildman–Crippen LogP) is 1.86. The van der Waals surface area contributed by atoms with Gasteiger partial charge in [-0.15, -0.1) is 5.11 Å². The van der Waals surface area contributed by atoms with Gasteiger partial charge in [0.15, 0.2) is 5.15 Å². The fourth-order valence-corrected chi connectivity index (χ4v) is 2.12. The van der Waals surface area contributed by atoms with Gasteiger partial charge in [0.25, 0.3) is 0 Å². The van der Waals surface area contributed by atoms with E-state index in [-0.39, 0.29) is 35.6 Å². The van der Waals surface area contributed by atoms with Gasteiger partial charge in [-0.1, -0.05) is 11.6 Å². The number of aryl methyl sites for hydroxylation is 1. The Morgan fingerprint density at radius 1 is 1.14 bits per heavy atom. The lowest BCUT2D eigenvalue weighted by molar-refractivity contribution is -0.164. The molecule has 1 aliphatic rings. The van der Waals surface area contributed by atoms with E-state index < -0.39 is 17.5 Å². The lowest BCUT2D eigenvalue weighted by Gasteiger charge is -2.20. The highest BCUT2D eigenvalue weighted by Gasteiger charge is 2.58. The quantitative estimate of drug-likeness (QED) is 0.477. The Kier molecular flexibility index (Phi) is 4.17. The van der Waals surface area contributed by atoms with Crippen molar-refractivity contribution >= 4 is 29.2 Å². The van der Waals surface area contributed by atoms with Gasteiger partial charge >= 0.3 is 17.5 Å². The predicted molar refractivity (Wildman–Crippen MR) is 71.2 cm³/mol. The maximum absolute atomic E-state index is 12.3. The first-order valence-electron chi connectivity index (χ1n) is 6.29. The number of hydrogen-bond donors (Lipinski definition) is 0. The minimum atomic E-state index is -2.07. The van der Waals surface area contributed by atoms with Gasteiger partial charge in [-0.3, -0.25) is 0 Å². The molecule has 1 aliphatic heterocycles. The van der Waals surface area contributed by atoms with Gasteiger partial charge in [-0.25, -0.2) is 19.6 Å². The van der Waals surface area contributed by atoms with Crippen LogP contribution in [0.15, 0.2) is 10.2 Å². The Hall–Kier alpha value is -2.09. The second kappa shape index (κ2) is 5.72. The Bertz CT molecular complexity index is 614. The van der Waals surface area contributed by atoms with Gasteiger partial charge in [-0.2, -0.15) is 5.11 Å². The van der Waals surface area contributed by atoms with E-state index in [4.69, 9.17) is 21.1 Å². The van der Waals surface area contributed by atoms with E-state index in [0.29, 0.717) is 0 Å². The van der Waals surface area contributed by atoms with Crippen LogP contribution < -0.4 is 0 Å². The first-order chi connectivity index (χ1) is 9.97. The number of carbonyl (C=O) groups is 2. The first kappa shape index (κ1) is 15.3. The van der Waals surface area contributed by atoms with Crippen molar-refractivity contribution in [1.29, 1.82) is 0 Å². The molecule has 2 heterocycles. The second-order valence-corrected chi connectivity index (χ2v) is 4.47. The van der Waals surface area contributed by atoms with Crippen molar-refractivity contribution in [3.63, 3.8) is 0 Å². The Morgan fingerprint density at radius 3 is 2.24 bits per heavy atom. The van der Waals surface area contributed by atoms with E-state index >= 15 is 0 Å². The van der Waals surface area contributed by atoms with Crippen LogP contribution in [0.5, 0.6) is 0 Å². The summed E-state index contributed by atoms with van der Waals surface area (Å²) >= 11 is 5.96. The average molecular weight is 313 g/mol. The molecule has 0 fully saturated rings. The smallest absolute Gasteiger partial charge is 0.354 e. The molecule has 0 saturated carbocycles. The number of nitrogens with zero attached hydrogens (tertiary/aromatic N) is 4. The Morgan fingerprint density at radius 2 is 1.71 bits per heavy atom. The molecule has 112 valence electrons. The molecule has 8 nitrogen and oxygen atoms in total. The number of carbonyl (C=O) groups excluding carboxylic acids is 2. The van der Waals surface area contributed by atoms with E-state index in [1.807, 2.05) is 0 Å². The van der Waals surface area contributed by atoms with Gasteiger partial charge in [0.05, 0.1) is 13.2 Å². The maximum atomic E-state index is 12.3. The SMILES string of the molecule is CCOC(=O)C1(C(=O)OCC)N=Nc2c(Cl)nc(C)nc21. The van der Waals surface area contributed by atoms with Crippen LogP contribution in [0, 0.1) is 6.92 Å². The van der Waals surface area contributed by atoms with E-state index in [1.165, 1.54) is 0 Å². The Balaban J connectivity index is 2.63. The topological polar surface area (TPSA) is 103 Å². The van der Waals surface area contributed by atoms with Crippen molar-refractivity contribution in [3.8, 4) is 0 Å². The van der Waals surface area contributed by atoms with E-state index in [9.17, 15) is 9.59 Å². The molecule has 0 unspecified atom stereocenters. The fraction of sp³-hybridized carbons (Fsp3) is 0.500. The summed E-state index contributed by atoms with van der Waals surface area (Å²) in [5.74, 6) is -1.52. The minimum Gasteiger partial charge on any atom is -0.463 e. The van der Waals surface area contributed by atoms with Gasteiger partial charge in [0, 0.05) is 0 Å². The molecule has 0 amide bonds. The summed E-state index contributed by atoms with van der Waals surface area (Å²) in [5.41, 5.74) is -2.01. The third-order valence-corrected chi connectivity index (χ3v) is 3.00. The van der Waals surface area contributed by atoms with Crippen LogP contribution in [0.25, 0.3) is 0 Å². The molecule has 0 bridgehead atoms. The zero-order valence-electron chi connectivity index (χ0n) is 11.7. The normalized spacial score (nSPS) is 14.7. The lowest BCUT2D eigenvalue weighted by atomic mass is 9.96. The molecule has 0 N–H and O–H groups in total. The molecule has 9 heteroatoms. The largest absolute Gasteiger partial charge is 0.463 e. The Labute approximate surface area is 125 Å². The molecular weight excluding hydrogens is 300 g/mol. The highest BCUT2D eigenvalue weighted by Crippen LogP contribution is 2.44. The molecule has 2 rings (SSSR count). The monoisotopic (exact) mass is 312 g/mol. The summed E-state index contributed by atoms with van der Waals surface area (Å²) in [4.78, 5) is 32.6. The van der Waals surface area contributed by atoms with Crippen molar-refractivity contribution in [2.24, 2.45) is 10.2 Å². The number of fused-ring (bicyclic) bond motifs is 1. The molecule has 0 aromatic carbocycles. The van der Waals surface area contributed by atoms with Crippen molar-refractivity contribution in [2.75, 3.05) is 13.2 Å². The van der Waals surface area contributed by atoms with Crippen LogP contribution in [0.2, 0.25) is 5.15 Å². The molecule has 1 aromatic rings. The van der Waals surface area contributed by atoms with E-state index in [0.717, 1.165) is 0 Å². The third-order valence-electron chi connectivity index (χ3n) is 2.74. The first-order valence-corrected chi connectivity index (χ1v) is 6.67. The second-order valence-electron chi connectivity index (χ2n) is 4.11. The molecule has 0 aliphatic carbocycles. The molecular formula is C12H13ClN4O4. The standard InChI is InChI=1S/C12H13ClN4O4/c1-4-20-10(18)12(11(19)21-5-2)8-7(16-17-12)9(13)15-6(3)14-8/h4-5H2,1-3H3. The van der Waals surface area contributed by atoms with Crippen molar-refractivity contribution in [3.05, 3.63) is 16.7 Å². The maximum Gasteiger partial charge on any atom is 0.354 e. The van der Waals surface area contributed by atoms with Crippen LogP contribution in [-0.2, 0) is 24.6 Å². The molecule has 21 heavy (non-hydrogen) atoms. The number of hydrogen-bond acceptors (Lipinski definition) is 8. The zero-order valence-corrected chi connectivity index (χ0v) is 12.5. The number of ether oxygens (including phenoxy) is 2. The van der Waals surface area contributed by atoms with Crippen LogP contribution in [-0.4, -0.2) is 35.1 Å². The summed E-state index contributed by atoms with van der Waals surface area (Å²) in [6, 6.07) is 0. The zero-order chi connectivity index (χ0) is 15.6. The summed E-state index contributed by atoms with van der Waals surface area (Å²) in [6.45, 7) is 4.95. The van der Waals surface area contributed by atoms with Gasteiger partial charge in [-0.05, 0) is 20.8 Å². The third kappa shape index (κ3) is 2.35. The highest BCUT2D eigenvalue weighted by atomic mass is 35.5. The van der Waals surface area contributed by atoms with Crippen LogP contribution in [0.4, 0.5) is 5.69 Å². The van der Waals surface area contributed by atoms with Gasteiger partial charge in [0.1, 0.15) is 17.2 Å². The summed E-state index contributed by atoms with van der Waals surface area (Å²) in [7, 11) is 0. The average Bonchev–Trinajstić information content (AvgIpc) is 2.80. The van der Waals surface area contributed by atoms with Crippen LogP contribution >= 0.6 is 11.6 Å². The molecule has 0 atom stereocenters. The van der Waals surface area contributed by atoms with Crippen molar-refractivity contribution < 1.29 is 19.1 Å². The lowest BCUT2D eigenvalue weighted by Crippen LogP contribution is -2.44. The highest BCUT2D eigenvalue weighted by molar-refractivity contribution is 6.32. The minimum absolute atomic E-state index is 0.0109. The molecule has 1 aromatic heterocycles. The van der Waals surface area contributed by atoms with Crippen LogP contribution in [0.3, 0.4) is 0 Å². The van der Waals surface area contributed by atoms with E-state index in [1.54, 1.807) is 20.8 Å². The molecule has 0 radical (unpaired) electrons. The van der Waals surface area contributed by atoms with E-state index in [2.05, 4.69) is 20.2 Å². The molecule has 0 saturated heterocycles. The number of aromatic nitrogens is 2. The number of esters is 2. The van der Waals surface area contributed by atoms with Gasteiger partial charge in [0.2, 0.25) is 0 Å².